The molecule has 0 atom stereocenters. The van der Waals surface area contributed by atoms with Gasteiger partial charge in [-0.3, -0.25) is 0 Å². The van der Waals surface area contributed by atoms with Gasteiger partial charge >= 0.3 is 0 Å². The third kappa shape index (κ3) is 4.44. The minimum absolute atomic E-state index is 0.00391. The van der Waals surface area contributed by atoms with E-state index >= 15 is 0 Å². The summed E-state index contributed by atoms with van der Waals surface area (Å²) in [7, 11) is -3.59. The molecule has 0 aliphatic carbocycles. The number of halogens is 1. The van der Waals surface area contributed by atoms with Crippen LogP contribution in [-0.4, -0.2) is 25.3 Å². The molecular weight excluding hydrogens is 352 g/mol. The van der Waals surface area contributed by atoms with Gasteiger partial charge in [-0.05, 0) is 37.0 Å². The molecule has 0 saturated heterocycles. The summed E-state index contributed by atoms with van der Waals surface area (Å²) >= 11 is 3.32. The van der Waals surface area contributed by atoms with Crippen LogP contribution in [0.3, 0.4) is 0 Å². The zero-order chi connectivity index (χ0) is 16.2. The topological polar surface area (TPSA) is 63.4 Å². The number of nitrogens with two attached hydrogens (primary N) is 1. The zero-order valence-corrected chi connectivity index (χ0v) is 15.5. The van der Waals surface area contributed by atoms with Crippen LogP contribution in [0.15, 0.2) is 27.6 Å². The molecule has 0 aromatic heterocycles. The Bertz CT molecular complexity index is 569. The van der Waals surface area contributed by atoms with Crippen molar-refractivity contribution in [3.63, 3.8) is 0 Å². The van der Waals surface area contributed by atoms with E-state index < -0.39 is 10.0 Å². The van der Waals surface area contributed by atoms with Gasteiger partial charge in [0, 0.05) is 17.1 Å². The van der Waals surface area contributed by atoms with Crippen LogP contribution in [0.4, 0.5) is 5.69 Å². The first-order valence-corrected chi connectivity index (χ1v) is 9.54. The second-order valence-corrected chi connectivity index (χ2v) is 8.40. The molecule has 0 heterocycles. The van der Waals surface area contributed by atoms with Gasteiger partial charge in [-0.25, -0.2) is 8.42 Å². The molecule has 0 bridgehead atoms. The highest BCUT2D eigenvalue weighted by molar-refractivity contribution is 9.10. The highest BCUT2D eigenvalue weighted by Gasteiger charge is 2.31. The fourth-order valence-electron chi connectivity index (χ4n) is 2.36. The molecule has 4 nitrogen and oxygen atoms in total. The summed E-state index contributed by atoms with van der Waals surface area (Å²) in [5.41, 5.74) is 6.19. The molecule has 0 fully saturated rings. The number of hydrogen-bond acceptors (Lipinski definition) is 3. The Morgan fingerprint density at radius 2 is 1.81 bits per heavy atom. The van der Waals surface area contributed by atoms with E-state index in [-0.39, 0.29) is 22.5 Å². The standard InChI is InChI=1S/C15H25BrN2O2S/c1-5-13(6-2)18(10-11(3)4)21(19,20)15-9-12(16)7-8-14(15)17/h7-9,11,13H,5-6,10,17H2,1-4H3. The molecular formula is C15H25BrN2O2S. The van der Waals surface area contributed by atoms with Crippen LogP contribution < -0.4 is 5.73 Å². The third-order valence-corrected chi connectivity index (χ3v) is 5.92. The van der Waals surface area contributed by atoms with E-state index in [0.717, 1.165) is 12.8 Å². The van der Waals surface area contributed by atoms with Crippen LogP contribution in [0.1, 0.15) is 40.5 Å². The molecule has 120 valence electrons. The zero-order valence-electron chi connectivity index (χ0n) is 13.1. The lowest BCUT2D eigenvalue weighted by Gasteiger charge is -2.31. The molecule has 1 rings (SSSR count). The summed E-state index contributed by atoms with van der Waals surface area (Å²) in [5, 5.41) is 0. The molecule has 0 saturated carbocycles. The summed E-state index contributed by atoms with van der Waals surface area (Å²) in [6.45, 7) is 8.58. The van der Waals surface area contributed by atoms with Crippen LogP contribution in [0.5, 0.6) is 0 Å². The Morgan fingerprint density at radius 1 is 1.24 bits per heavy atom. The second kappa shape index (κ2) is 7.61. The van der Waals surface area contributed by atoms with Crippen molar-refractivity contribution in [2.75, 3.05) is 12.3 Å². The van der Waals surface area contributed by atoms with Crippen molar-refractivity contribution in [1.82, 2.24) is 4.31 Å². The molecule has 1 aromatic rings. The number of hydrogen-bond donors (Lipinski definition) is 1. The normalized spacial score (nSPS) is 12.6. The number of sulfonamides is 1. The van der Waals surface area contributed by atoms with Gasteiger partial charge in [-0.15, -0.1) is 0 Å². The van der Waals surface area contributed by atoms with Crippen LogP contribution in [0.2, 0.25) is 0 Å². The fourth-order valence-corrected chi connectivity index (χ4v) is 4.95. The van der Waals surface area contributed by atoms with Gasteiger partial charge in [0.1, 0.15) is 4.90 Å². The van der Waals surface area contributed by atoms with Crippen LogP contribution in [0, 0.1) is 5.92 Å². The first-order valence-electron chi connectivity index (χ1n) is 7.30. The number of benzene rings is 1. The fraction of sp³-hybridized carbons (Fsp3) is 0.600. The van der Waals surface area contributed by atoms with Crippen molar-refractivity contribution in [3.8, 4) is 0 Å². The summed E-state index contributed by atoms with van der Waals surface area (Å²) < 4.78 is 28.4. The predicted molar refractivity (Wildman–Crippen MR) is 91.7 cm³/mol. The highest BCUT2D eigenvalue weighted by Crippen LogP contribution is 2.29. The first kappa shape index (κ1) is 18.5. The number of nitrogens with zero attached hydrogens (tertiary/aromatic N) is 1. The molecule has 0 aliphatic rings. The summed E-state index contributed by atoms with van der Waals surface area (Å²) in [6, 6.07) is 4.95. The van der Waals surface area contributed by atoms with Gasteiger partial charge in [0.05, 0.1) is 5.69 Å². The van der Waals surface area contributed by atoms with E-state index in [9.17, 15) is 8.42 Å². The SMILES string of the molecule is CCC(CC)N(CC(C)C)S(=O)(=O)c1cc(Br)ccc1N. The maximum Gasteiger partial charge on any atom is 0.245 e. The van der Waals surface area contributed by atoms with E-state index in [0.29, 0.717) is 11.0 Å². The Balaban J connectivity index is 3.35. The number of anilines is 1. The van der Waals surface area contributed by atoms with E-state index in [2.05, 4.69) is 15.9 Å². The summed E-state index contributed by atoms with van der Waals surface area (Å²) in [5.74, 6) is 0.258. The lowest BCUT2D eigenvalue weighted by Crippen LogP contribution is -2.42. The molecule has 0 unspecified atom stereocenters. The smallest absolute Gasteiger partial charge is 0.245 e. The van der Waals surface area contributed by atoms with Gasteiger partial charge < -0.3 is 5.73 Å². The molecule has 21 heavy (non-hydrogen) atoms. The van der Waals surface area contributed by atoms with Crippen LogP contribution >= 0.6 is 15.9 Å². The largest absolute Gasteiger partial charge is 0.398 e. The number of rotatable bonds is 7. The van der Waals surface area contributed by atoms with Crippen LogP contribution in [-0.2, 0) is 10.0 Å². The predicted octanol–water partition coefficient (Wildman–Crippen LogP) is 3.87. The van der Waals surface area contributed by atoms with Crippen molar-refractivity contribution in [3.05, 3.63) is 22.7 Å². The molecule has 6 heteroatoms. The van der Waals surface area contributed by atoms with Crippen molar-refractivity contribution in [2.24, 2.45) is 5.92 Å². The lowest BCUT2D eigenvalue weighted by atomic mass is 10.1. The van der Waals surface area contributed by atoms with Crippen molar-refractivity contribution < 1.29 is 8.42 Å². The van der Waals surface area contributed by atoms with Gasteiger partial charge in [0.2, 0.25) is 10.0 Å². The van der Waals surface area contributed by atoms with Crippen molar-refractivity contribution in [1.29, 1.82) is 0 Å². The maximum atomic E-state index is 13.0. The third-order valence-electron chi connectivity index (χ3n) is 3.46. The minimum Gasteiger partial charge on any atom is -0.398 e. The summed E-state index contributed by atoms with van der Waals surface area (Å²) in [6.07, 6.45) is 1.58. The first-order chi connectivity index (χ1) is 9.73. The quantitative estimate of drug-likeness (QED) is 0.734. The van der Waals surface area contributed by atoms with E-state index in [1.54, 1.807) is 22.5 Å². The second-order valence-electron chi connectivity index (χ2n) is 5.62. The lowest BCUT2D eigenvalue weighted by molar-refractivity contribution is 0.277. The van der Waals surface area contributed by atoms with E-state index in [1.807, 2.05) is 27.7 Å². The Hall–Kier alpha value is -0.590. The van der Waals surface area contributed by atoms with Crippen LogP contribution in [0.25, 0.3) is 0 Å². The molecule has 2 N–H and O–H groups in total. The molecule has 1 aromatic carbocycles. The van der Waals surface area contributed by atoms with Crippen molar-refractivity contribution >= 4 is 31.6 Å². The van der Waals surface area contributed by atoms with E-state index in [4.69, 9.17) is 5.73 Å². The Kier molecular flexibility index (Phi) is 6.69. The van der Waals surface area contributed by atoms with Gasteiger partial charge in [0.25, 0.3) is 0 Å². The molecule has 0 radical (unpaired) electrons. The molecule has 0 amide bonds. The van der Waals surface area contributed by atoms with Gasteiger partial charge in [-0.2, -0.15) is 4.31 Å². The average Bonchev–Trinajstić information content (AvgIpc) is 2.41. The number of nitrogen functional groups attached to an aromatic ring is 1. The Morgan fingerprint density at radius 3 is 2.29 bits per heavy atom. The monoisotopic (exact) mass is 376 g/mol. The average molecular weight is 377 g/mol. The Labute approximate surface area is 136 Å². The highest BCUT2D eigenvalue weighted by atomic mass is 79.9. The van der Waals surface area contributed by atoms with E-state index in [1.165, 1.54) is 0 Å². The van der Waals surface area contributed by atoms with Gasteiger partial charge in [0.15, 0.2) is 0 Å². The maximum absolute atomic E-state index is 13.0. The van der Waals surface area contributed by atoms with Crippen molar-refractivity contribution in [2.45, 2.75) is 51.5 Å². The summed E-state index contributed by atoms with van der Waals surface area (Å²) in [4.78, 5) is 0.185. The molecule has 0 aliphatic heterocycles. The van der Waals surface area contributed by atoms with Gasteiger partial charge in [-0.1, -0.05) is 43.6 Å². The molecule has 0 spiro atoms. The minimum atomic E-state index is -3.59.